The third-order valence-electron chi connectivity index (χ3n) is 4.11. The Morgan fingerprint density at radius 2 is 2.00 bits per heavy atom. The lowest BCUT2D eigenvalue weighted by molar-refractivity contribution is 0.368. The van der Waals surface area contributed by atoms with Gasteiger partial charge < -0.3 is 4.90 Å². The van der Waals surface area contributed by atoms with E-state index in [1.165, 1.54) is 25.7 Å². The van der Waals surface area contributed by atoms with E-state index in [9.17, 15) is 0 Å². The van der Waals surface area contributed by atoms with Crippen molar-refractivity contribution in [3.05, 3.63) is 30.4 Å². The number of nitrogens with zero attached hydrogens (tertiary/aromatic N) is 5. The number of hydrogen-bond acceptors (Lipinski definition) is 4. The van der Waals surface area contributed by atoms with E-state index in [4.69, 9.17) is 10.1 Å². The average Bonchev–Trinajstić information content (AvgIpc) is 2.96. The summed E-state index contributed by atoms with van der Waals surface area (Å²) in [5.41, 5.74) is 0.988. The Bertz CT molecular complexity index is 589. The number of aryl methyl sites for hydroxylation is 1. The zero-order valence-electron chi connectivity index (χ0n) is 15.6. The number of pyridine rings is 1. The topological polar surface area (TPSA) is 46.8 Å². The van der Waals surface area contributed by atoms with E-state index in [1.54, 1.807) is 6.20 Å². The Morgan fingerprint density at radius 3 is 2.67 bits per heavy atom. The molecule has 0 bridgehead atoms. The summed E-state index contributed by atoms with van der Waals surface area (Å²) in [6.07, 6.45) is 9.67. The van der Waals surface area contributed by atoms with Crippen LogP contribution in [-0.4, -0.2) is 45.3 Å². The highest BCUT2D eigenvalue weighted by Gasteiger charge is 2.12. The lowest BCUT2D eigenvalue weighted by atomic mass is 10.0. The van der Waals surface area contributed by atoms with Gasteiger partial charge in [0.1, 0.15) is 5.82 Å². The van der Waals surface area contributed by atoms with Crippen molar-refractivity contribution < 1.29 is 0 Å². The normalized spacial score (nSPS) is 11.6. The summed E-state index contributed by atoms with van der Waals surface area (Å²) >= 11 is 0. The number of rotatable bonds is 10. The summed E-state index contributed by atoms with van der Waals surface area (Å²) in [6.45, 7) is 6.42. The van der Waals surface area contributed by atoms with Crippen LogP contribution in [0.2, 0.25) is 0 Å². The molecule has 0 aliphatic heterocycles. The summed E-state index contributed by atoms with van der Waals surface area (Å²) in [6, 6.07) is 3.95. The van der Waals surface area contributed by atoms with Crippen molar-refractivity contribution in [2.24, 2.45) is 5.92 Å². The monoisotopic (exact) mass is 329 g/mol. The van der Waals surface area contributed by atoms with Gasteiger partial charge in [-0.3, -0.25) is 4.98 Å². The Labute approximate surface area is 146 Å². The predicted molar refractivity (Wildman–Crippen MR) is 98.8 cm³/mol. The van der Waals surface area contributed by atoms with Crippen LogP contribution < -0.4 is 0 Å². The second-order valence-electron chi connectivity index (χ2n) is 7.11. The van der Waals surface area contributed by atoms with Crippen LogP contribution in [0.25, 0.3) is 11.4 Å². The van der Waals surface area contributed by atoms with Crippen LogP contribution in [-0.2, 0) is 13.0 Å². The Balaban J connectivity index is 2.02. The number of likely N-dealkylation sites (N-methyl/N-ethyl adjacent to an activating group) is 1. The molecule has 132 valence electrons. The molecule has 0 saturated carbocycles. The van der Waals surface area contributed by atoms with E-state index in [-0.39, 0.29) is 0 Å². The van der Waals surface area contributed by atoms with Gasteiger partial charge in [-0.1, -0.05) is 33.1 Å². The smallest absolute Gasteiger partial charge is 0.182 e. The fourth-order valence-electron chi connectivity index (χ4n) is 2.66. The fourth-order valence-corrected chi connectivity index (χ4v) is 2.66. The fraction of sp³-hybridized carbons (Fsp3) is 0.632. The SMILES string of the molecule is CC(C)CCCCCc1nc(-c2cccnc2)nn1CCN(C)C. The van der Waals surface area contributed by atoms with E-state index in [0.717, 1.165) is 42.6 Å². The van der Waals surface area contributed by atoms with Crippen LogP contribution in [0.5, 0.6) is 0 Å². The molecule has 0 aliphatic carbocycles. The number of unbranched alkanes of at least 4 members (excludes halogenated alkanes) is 2. The molecule has 2 aromatic rings. The minimum atomic E-state index is 0.791. The average molecular weight is 329 g/mol. The van der Waals surface area contributed by atoms with E-state index < -0.39 is 0 Å². The van der Waals surface area contributed by atoms with Gasteiger partial charge in [0, 0.05) is 30.9 Å². The van der Waals surface area contributed by atoms with Crippen LogP contribution in [0, 0.1) is 5.92 Å². The number of hydrogen-bond donors (Lipinski definition) is 0. The first-order valence-electron chi connectivity index (χ1n) is 9.05. The molecule has 0 aromatic carbocycles. The summed E-state index contributed by atoms with van der Waals surface area (Å²) in [5.74, 6) is 2.69. The molecule has 0 atom stereocenters. The molecule has 0 spiro atoms. The predicted octanol–water partition coefficient (Wildman–Crippen LogP) is 3.66. The lowest BCUT2D eigenvalue weighted by Crippen LogP contribution is -2.20. The van der Waals surface area contributed by atoms with Crippen molar-refractivity contribution in [2.75, 3.05) is 20.6 Å². The summed E-state index contributed by atoms with van der Waals surface area (Å²) in [5, 5.41) is 4.72. The third-order valence-corrected chi connectivity index (χ3v) is 4.11. The van der Waals surface area contributed by atoms with Gasteiger partial charge in [-0.15, -0.1) is 0 Å². The first-order valence-corrected chi connectivity index (χ1v) is 9.05. The largest absolute Gasteiger partial charge is 0.308 e. The molecule has 0 radical (unpaired) electrons. The minimum absolute atomic E-state index is 0.791. The van der Waals surface area contributed by atoms with Crippen molar-refractivity contribution in [3.8, 4) is 11.4 Å². The summed E-state index contributed by atoms with van der Waals surface area (Å²) in [4.78, 5) is 11.1. The molecule has 0 aliphatic rings. The van der Waals surface area contributed by atoms with Gasteiger partial charge in [-0.25, -0.2) is 9.67 Å². The zero-order chi connectivity index (χ0) is 17.4. The standard InChI is InChI=1S/C19H31N5/c1-16(2)9-6-5-7-11-18-21-19(17-10-8-12-20-15-17)22-24(18)14-13-23(3)4/h8,10,12,15-16H,5-7,9,11,13-14H2,1-4H3. The molecule has 0 amide bonds. The molecule has 2 heterocycles. The molecule has 2 rings (SSSR count). The molecular formula is C19H31N5. The molecule has 5 heteroatoms. The van der Waals surface area contributed by atoms with E-state index in [0.29, 0.717) is 0 Å². The Kier molecular flexibility index (Phi) is 7.37. The van der Waals surface area contributed by atoms with Gasteiger partial charge in [-0.05, 0) is 38.6 Å². The van der Waals surface area contributed by atoms with E-state index in [1.807, 2.05) is 18.3 Å². The maximum Gasteiger partial charge on any atom is 0.182 e. The highest BCUT2D eigenvalue weighted by Crippen LogP contribution is 2.16. The summed E-state index contributed by atoms with van der Waals surface area (Å²) in [7, 11) is 4.18. The van der Waals surface area contributed by atoms with Gasteiger partial charge >= 0.3 is 0 Å². The molecule has 0 saturated heterocycles. The second kappa shape index (κ2) is 9.52. The van der Waals surface area contributed by atoms with Crippen LogP contribution in [0.3, 0.4) is 0 Å². The Hall–Kier alpha value is -1.75. The zero-order valence-corrected chi connectivity index (χ0v) is 15.6. The first kappa shape index (κ1) is 18.6. The van der Waals surface area contributed by atoms with Crippen molar-refractivity contribution >= 4 is 0 Å². The first-order chi connectivity index (χ1) is 11.6. The second-order valence-corrected chi connectivity index (χ2v) is 7.11. The van der Waals surface area contributed by atoms with Crippen molar-refractivity contribution in [3.63, 3.8) is 0 Å². The van der Waals surface area contributed by atoms with Crippen LogP contribution in [0.1, 0.15) is 45.4 Å². The van der Waals surface area contributed by atoms with Gasteiger partial charge in [-0.2, -0.15) is 5.10 Å². The van der Waals surface area contributed by atoms with E-state index >= 15 is 0 Å². The minimum Gasteiger partial charge on any atom is -0.308 e. The van der Waals surface area contributed by atoms with Gasteiger partial charge in [0.15, 0.2) is 5.82 Å². The molecule has 5 nitrogen and oxygen atoms in total. The molecule has 0 N–H and O–H groups in total. The van der Waals surface area contributed by atoms with Gasteiger partial charge in [0.05, 0.1) is 6.54 Å². The van der Waals surface area contributed by atoms with Gasteiger partial charge in [0.25, 0.3) is 0 Å². The molecule has 2 aromatic heterocycles. The van der Waals surface area contributed by atoms with Crippen molar-refractivity contribution in [1.82, 2.24) is 24.6 Å². The lowest BCUT2D eigenvalue weighted by Gasteiger charge is -2.11. The Morgan fingerprint density at radius 1 is 1.17 bits per heavy atom. The molecular weight excluding hydrogens is 298 g/mol. The number of aromatic nitrogens is 4. The van der Waals surface area contributed by atoms with Crippen LogP contribution in [0.4, 0.5) is 0 Å². The maximum absolute atomic E-state index is 4.78. The van der Waals surface area contributed by atoms with Crippen LogP contribution >= 0.6 is 0 Å². The highest BCUT2D eigenvalue weighted by atomic mass is 15.4. The van der Waals surface area contributed by atoms with E-state index in [2.05, 4.69) is 42.5 Å². The highest BCUT2D eigenvalue weighted by molar-refractivity contribution is 5.52. The van der Waals surface area contributed by atoms with Gasteiger partial charge in [0.2, 0.25) is 0 Å². The molecule has 0 unspecified atom stereocenters. The maximum atomic E-state index is 4.78. The molecule has 0 fully saturated rings. The van der Waals surface area contributed by atoms with Crippen LogP contribution in [0.15, 0.2) is 24.5 Å². The van der Waals surface area contributed by atoms with Crippen molar-refractivity contribution in [2.45, 2.75) is 52.5 Å². The molecule has 24 heavy (non-hydrogen) atoms. The summed E-state index contributed by atoms with van der Waals surface area (Å²) < 4.78 is 2.07. The third kappa shape index (κ3) is 6.04. The quantitative estimate of drug-likeness (QED) is 0.624. The van der Waals surface area contributed by atoms with Crippen molar-refractivity contribution in [1.29, 1.82) is 0 Å².